The standard InChI is InChI=1S/C12H19NO5S/c1-10(9-17-2)13-19(15,16)12-5-3-11(4-6-12)18-8-7-14/h3-6,10,13-14H,7-9H2,1-2H3. The predicted molar refractivity (Wildman–Crippen MR) is 70.7 cm³/mol. The summed E-state index contributed by atoms with van der Waals surface area (Å²) in [6, 6.07) is 5.69. The van der Waals surface area contributed by atoms with Gasteiger partial charge in [-0.3, -0.25) is 0 Å². The Hall–Kier alpha value is -1.15. The van der Waals surface area contributed by atoms with Gasteiger partial charge in [-0.2, -0.15) is 0 Å². The van der Waals surface area contributed by atoms with Gasteiger partial charge in [-0.1, -0.05) is 0 Å². The van der Waals surface area contributed by atoms with Crippen LogP contribution in [0.25, 0.3) is 0 Å². The molecule has 0 aliphatic carbocycles. The molecule has 7 heteroatoms. The number of sulfonamides is 1. The van der Waals surface area contributed by atoms with Gasteiger partial charge in [0.15, 0.2) is 0 Å². The summed E-state index contributed by atoms with van der Waals surface area (Å²) >= 11 is 0. The van der Waals surface area contributed by atoms with E-state index in [1.807, 2.05) is 0 Å². The van der Waals surface area contributed by atoms with Crippen LogP contribution in [0.5, 0.6) is 5.75 Å². The Bertz CT molecular complexity index is 471. The van der Waals surface area contributed by atoms with Crippen LogP contribution in [-0.4, -0.2) is 46.5 Å². The van der Waals surface area contributed by atoms with Crippen LogP contribution in [0.4, 0.5) is 0 Å². The highest BCUT2D eigenvalue weighted by Gasteiger charge is 2.17. The van der Waals surface area contributed by atoms with E-state index < -0.39 is 10.0 Å². The zero-order valence-corrected chi connectivity index (χ0v) is 11.8. The van der Waals surface area contributed by atoms with E-state index >= 15 is 0 Å². The first-order valence-corrected chi connectivity index (χ1v) is 7.33. The zero-order chi connectivity index (χ0) is 14.3. The third-order valence-electron chi connectivity index (χ3n) is 2.27. The number of aliphatic hydroxyl groups excluding tert-OH is 1. The van der Waals surface area contributed by atoms with E-state index in [0.29, 0.717) is 12.4 Å². The Morgan fingerprint density at radius 1 is 1.32 bits per heavy atom. The van der Waals surface area contributed by atoms with Crippen molar-refractivity contribution < 1.29 is 23.0 Å². The number of hydrogen-bond acceptors (Lipinski definition) is 5. The highest BCUT2D eigenvalue weighted by Crippen LogP contribution is 2.16. The van der Waals surface area contributed by atoms with Crippen molar-refractivity contribution >= 4 is 10.0 Å². The molecule has 1 rings (SSSR count). The molecule has 0 amide bonds. The Kier molecular flexibility index (Phi) is 6.23. The average Bonchev–Trinajstić information content (AvgIpc) is 2.36. The number of nitrogens with one attached hydrogen (secondary N) is 1. The van der Waals surface area contributed by atoms with Crippen molar-refractivity contribution in [2.45, 2.75) is 17.9 Å². The molecule has 108 valence electrons. The molecule has 2 N–H and O–H groups in total. The van der Waals surface area contributed by atoms with Crippen molar-refractivity contribution in [2.75, 3.05) is 26.9 Å². The van der Waals surface area contributed by atoms with Gasteiger partial charge in [0.2, 0.25) is 10.0 Å². The lowest BCUT2D eigenvalue weighted by Crippen LogP contribution is -2.35. The second-order valence-electron chi connectivity index (χ2n) is 4.02. The fraction of sp³-hybridized carbons (Fsp3) is 0.500. The first-order chi connectivity index (χ1) is 8.99. The van der Waals surface area contributed by atoms with E-state index in [4.69, 9.17) is 14.6 Å². The number of ether oxygens (including phenoxy) is 2. The fourth-order valence-electron chi connectivity index (χ4n) is 1.50. The maximum atomic E-state index is 12.0. The zero-order valence-electron chi connectivity index (χ0n) is 11.0. The van der Waals surface area contributed by atoms with Gasteiger partial charge in [0, 0.05) is 13.2 Å². The summed E-state index contributed by atoms with van der Waals surface area (Å²) in [5.41, 5.74) is 0. The maximum absolute atomic E-state index is 12.0. The molecule has 0 heterocycles. The molecular formula is C12H19NO5S. The number of benzene rings is 1. The molecule has 0 saturated carbocycles. The molecule has 1 unspecified atom stereocenters. The Morgan fingerprint density at radius 2 is 1.95 bits per heavy atom. The lowest BCUT2D eigenvalue weighted by atomic mass is 10.3. The first-order valence-electron chi connectivity index (χ1n) is 5.84. The molecule has 0 bridgehead atoms. The summed E-state index contributed by atoms with van der Waals surface area (Å²) in [5, 5.41) is 8.62. The van der Waals surface area contributed by atoms with Crippen molar-refractivity contribution in [1.82, 2.24) is 4.72 Å². The Morgan fingerprint density at radius 3 is 2.47 bits per heavy atom. The monoisotopic (exact) mass is 289 g/mol. The molecule has 1 aromatic rings. The van der Waals surface area contributed by atoms with Crippen LogP contribution in [0.3, 0.4) is 0 Å². The van der Waals surface area contributed by atoms with E-state index in [1.54, 1.807) is 19.1 Å². The molecule has 1 aromatic carbocycles. The minimum absolute atomic E-state index is 0.0872. The van der Waals surface area contributed by atoms with E-state index in [-0.39, 0.29) is 24.2 Å². The summed E-state index contributed by atoms with van der Waals surface area (Å²) in [7, 11) is -2.04. The van der Waals surface area contributed by atoms with Crippen molar-refractivity contribution in [2.24, 2.45) is 0 Å². The van der Waals surface area contributed by atoms with Gasteiger partial charge < -0.3 is 14.6 Å². The summed E-state index contributed by atoms with van der Waals surface area (Å²) in [4.78, 5) is 0.159. The van der Waals surface area contributed by atoms with E-state index in [9.17, 15) is 8.42 Å². The molecule has 0 fully saturated rings. The van der Waals surface area contributed by atoms with Gasteiger partial charge in [-0.25, -0.2) is 13.1 Å². The van der Waals surface area contributed by atoms with Crippen LogP contribution in [0.15, 0.2) is 29.2 Å². The Labute approximate surface area is 113 Å². The highest BCUT2D eigenvalue weighted by molar-refractivity contribution is 7.89. The largest absolute Gasteiger partial charge is 0.491 e. The number of aliphatic hydroxyl groups is 1. The lowest BCUT2D eigenvalue weighted by Gasteiger charge is -2.13. The SMILES string of the molecule is COCC(C)NS(=O)(=O)c1ccc(OCCO)cc1. The van der Waals surface area contributed by atoms with Crippen LogP contribution in [0.1, 0.15) is 6.92 Å². The van der Waals surface area contributed by atoms with Crippen LogP contribution in [0, 0.1) is 0 Å². The summed E-state index contributed by atoms with van der Waals surface area (Å²) in [6.07, 6.45) is 0. The van der Waals surface area contributed by atoms with Crippen LogP contribution < -0.4 is 9.46 Å². The molecule has 6 nitrogen and oxygen atoms in total. The lowest BCUT2D eigenvalue weighted by molar-refractivity contribution is 0.180. The molecule has 0 aromatic heterocycles. The predicted octanol–water partition coefficient (Wildman–Crippen LogP) is 0.371. The average molecular weight is 289 g/mol. The first kappa shape index (κ1) is 15.9. The van der Waals surface area contributed by atoms with Gasteiger partial charge >= 0.3 is 0 Å². The second kappa shape index (κ2) is 7.44. The van der Waals surface area contributed by atoms with E-state index in [1.165, 1.54) is 19.2 Å². The molecule has 1 atom stereocenters. The van der Waals surface area contributed by atoms with Crippen LogP contribution >= 0.6 is 0 Å². The van der Waals surface area contributed by atoms with Crippen molar-refractivity contribution in [3.63, 3.8) is 0 Å². The Balaban J connectivity index is 2.73. The molecule has 0 spiro atoms. The summed E-state index contributed by atoms with van der Waals surface area (Å²) < 4.78 is 36.5. The number of rotatable bonds is 8. The van der Waals surface area contributed by atoms with Gasteiger partial charge in [0.1, 0.15) is 12.4 Å². The van der Waals surface area contributed by atoms with Gasteiger partial charge in [-0.05, 0) is 31.2 Å². The number of methoxy groups -OCH3 is 1. The minimum atomic E-state index is -3.55. The minimum Gasteiger partial charge on any atom is -0.491 e. The normalized spacial score (nSPS) is 13.2. The molecule has 0 aliphatic heterocycles. The smallest absolute Gasteiger partial charge is 0.240 e. The highest BCUT2D eigenvalue weighted by atomic mass is 32.2. The van der Waals surface area contributed by atoms with E-state index in [2.05, 4.69) is 4.72 Å². The van der Waals surface area contributed by atoms with Crippen molar-refractivity contribution in [1.29, 1.82) is 0 Å². The summed E-state index contributed by atoms with van der Waals surface area (Å²) in [6.45, 7) is 2.11. The third-order valence-corrected chi connectivity index (χ3v) is 3.87. The van der Waals surface area contributed by atoms with E-state index in [0.717, 1.165) is 0 Å². The molecule has 0 aliphatic rings. The maximum Gasteiger partial charge on any atom is 0.240 e. The molecule has 0 saturated heterocycles. The number of hydrogen-bond donors (Lipinski definition) is 2. The van der Waals surface area contributed by atoms with Crippen LogP contribution in [-0.2, 0) is 14.8 Å². The van der Waals surface area contributed by atoms with Gasteiger partial charge in [0.25, 0.3) is 0 Å². The fourth-order valence-corrected chi connectivity index (χ4v) is 2.72. The molecule has 0 radical (unpaired) electrons. The van der Waals surface area contributed by atoms with Crippen LogP contribution in [0.2, 0.25) is 0 Å². The van der Waals surface area contributed by atoms with Gasteiger partial charge in [-0.15, -0.1) is 0 Å². The quantitative estimate of drug-likeness (QED) is 0.722. The molecular weight excluding hydrogens is 270 g/mol. The second-order valence-corrected chi connectivity index (χ2v) is 5.74. The topological polar surface area (TPSA) is 84.9 Å². The van der Waals surface area contributed by atoms with Crippen molar-refractivity contribution in [3.05, 3.63) is 24.3 Å². The summed E-state index contributed by atoms with van der Waals surface area (Å²) in [5.74, 6) is 0.512. The third kappa shape index (κ3) is 5.15. The van der Waals surface area contributed by atoms with Crippen molar-refractivity contribution in [3.8, 4) is 5.75 Å². The van der Waals surface area contributed by atoms with Gasteiger partial charge in [0.05, 0.1) is 18.1 Å². The molecule has 19 heavy (non-hydrogen) atoms.